The number of H-pyrrole nitrogens is 1. The van der Waals surface area contributed by atoms with Gasteiger partial charge in [-0.3, -0.25) is 9.69 Å². The van der Waals surface area contributed by atoms with Crippen LogP contribution >= 0.6 is 0 Å². The maximum Gasteiger partial charge on any atom is 0.255 e. The fraction of sp³-hybridized carbons (Fsp3) is 0.300. The lowest BCUT2D eigenvalue weighted by Crippen LogP contribution is -2.35. The third-order valence-electron chi connectivity index (χ3n) is 4.67. The fourth-order valence-electron chi connectivity index (χ4n) is 3.59. The summed E-state index contributed by atoms with van der Waals surface area (Å²) in [7, 11) is 0. The molecular weight excluding hydrogens is 326 g/mol. The Labute approximate surface area is 152 Å². The van der Waals surface area contributed by atoms with Crippen molar-refractivity contribution in [3.8, 4) is 11.4 Å². The molecule has 6 heteroatoms. The Bertz CT molecular complexity index is 977. The smallest absolute Gasteiger partial charge is 0.255 e. The van der Waals surface area contributed by atoms with Gasteiger partial charge < -0.3 is 4.98 Å². The standard InChI is InChI=1S/C20H21N5O/c1-13-5-14(2)7-15(6-13)10-25-4-3-18-17(11-25)20(26)24-19(23-18)16-8-21-12-22-9-16/h5-9,12H,3-4,10-11H2,1-2H3,(H,23,24,26). The van der Waals surface area contributed by atoms with E-state index in [4.69, 9.17) is 0 Å². The number of hydrogen-bond donors (Lipinski definition) is 1. The number of aryl methyl sites for hydroxylation is 2. The number of aromatic nitrogens is 4. The van der Waals surface area contributed by atoms with E-state index in [0.717, 1.165) is 36.3 Å². The monoisotopic (exact) mass is 347 g/mol. The average Bonchev–Trinajstić information content (AvgIpc) is 2.62. The van der Waals surface area contributed by atoms with Crippen molar-refractivity contribution in [3.05, 3.63) is 75.2 Å². The lowest BCUT2D eigenvalue weighted by Gasteiger charge is -2.28. The van der Waals surface area contributed by atoms with Gasteiger partial charge in [0.15, 0.2) is 0 Å². The van der Waals surface area contributed by atoms with Gasteiger partial charge in [-0.2, -0.15) is 0 Å². The summed E-state index contributed by atoms with van der Waals surface area (Å²) in [5, 5.41) is 0. The molecule has 1 aliphatic rings. The molecule has 0 bridgehead atoms. The molecule has 0 radical (unpaired) electrons. The van der Waals surface area contributed by atoms with E-state index in [1.165, 1.54) is 23.0 Å². The number of fused-ring (bicyclic) bond motifs is 1. The third-order valence-corrected chi connectivity index (χ3v) is 4.67. The molecule has 0 spiro atoms. The topological polar surface area (TPSA) is 74.8 Å². The van der Waals surface area contributed by atoms with Crippen molar-refractivity contribution < 1.29 is 0 Å². The van der Waals surface area contributed by atoms with Crippen LogP contribution in [0, 0.1) is 13.8 Å². The SMILES string of the molecule is Cc1cc(C)cc(CN2CCc3nc(-c4cncnc4)[nH]c(=O)c3C2)c1. The molecule has 3 heterocycles. The van der Waals surface area contributed by atoms with Crippen molar-refractivity contribution in [2.24, 2.45) is 0 Å². The molecule has 1 aliphatic heterocycles. The number of aromatic amines is 1. The Balaban J connectivity index is 1.58. The Hall–Kier alpha value is -2.86. The van der Waals surface area contributed by atoms with Crippen LogP contribution in [0.5, 0.6) is 0 Å². The Morgan fingerprint density at radius 3 is 2.58 bits per heavy atom. The van der Waals surface area contributed by atoms with Gasteiger partial charge in [-0.25, -0.2) is 15.0 Å². The second-order valence-electron chi connectivity index (χ2n) is 6.92. The van der Waals surface area contributed by atoms with Gasteiger partial charge in [0, 0.05) is 38.4 Å². The predicted octanol–water partition coefficient (Wildman–Crippen LogP) is 2.40. The van der Waals surface area contributed by atoms with Crippen LogP contribution in [0.4, 0.5) is 0 Å². The van der Waals surface area contributed by atoms with Crippen LogP contribution in [-0.2, 0) is 19.5 Å². The van der Waals surface area contributed by atoms with Crippen LogP contribution in [0.15, 0.2) is 41.7 Å². The first kappa shape index (κ1) is 16.6. The quantitative estimate of drug-likeness (QED) is 0.787. The highest BCUT2D eigenvalue weighted by atomic mass is 16.1. The van der Waals surface area contributed by atoms with E-state index in [-0.39, 0.29) is 5.56 Å². The minimum absolute atomic E-state index is 0.0704. The minimum Gasteiger partial charge on any atom is -0.306 e. The normalized spacial score (nSPS) is 14.2. The summed E-state index contributed by atoms with van der Waals surface area (Å²) in [5.74, 6) is 0.539. The first-order valence-electron chi connectivity index (χ1n) is 8.75. The second kappa shape index (κ2) is 6.80. The Kier molecular flexibility index (Phi) is 4.34. The highest BCUT2D eigenvalue weighted by Crippen LogP contribution is 2.20. The van der Waals surface area contributed by atoms with E-state index >= 15 is 0 Å². The van der Waals surface area contributed by atoms with Gasteiger partial charge in [0.05, 0.1) is 16.8 Å². The first-order valence-corrected chi connectivity index (χ1v) is 8.75. The molecule has 0 amide bonds. The molecule has 0 fully saturated rings. The maximum absolute atomic E-state index is 12.6. The molecule has 6 nitrogen and oxygen atoms in total. The van der Waals surface area contributed by atoms with Gasteiger partial charge in [-0.05, 0) is 19.4 Å². The van der Waals surface area contributed by atoms with Crippen molar-refractivity contribution in [3.63, 3.8) is 0 Å². The van der Waals surface area contributed by atoms with Gasteiger partial charge in [0.25, 0.3) is 5.56 Å². The van der Waals surface area contributed by atoms with Crippen molar-refractivity contribution in [1.29, 1.82) is 0 Å². The van der Waals surface area contributed by atoms with Gasteiger partial charge in [0.1, 0.15) is 12.2 Å². The predicted molar refractivity (Wildman–Crippen MR) is 99.6 cm³/mol. The summed E-state index contributed by atoms with van der Waals surface area (Å²) in [6, 6.07) is 6.60. The lowest BCUT2D eigenvalue weighted by molar-refractivity contribution is 0.242. The molecule has 26 heavy (non-hydrogen) atoms. The summed E-state index contributed by atoms with van der Waals surface area (Å²) in [6.45, 7) is 6.59. The average molecular weight is 347 g/mol. The van der Waals surface area contributed by atoms with Crippen LogP contribution in [0.2, 0.25) is 0 Å². The summed E-state index contributed by atoms with van der Waals surface area (Å²) in [5.41, 5.74) is 6.13. The first-order chi connectivity index (χ1) is 12.6. The second-order valence-corrected chi connectivity index (χ2v) is 6.92. The summed E-state index contributed by atoms with van der Waals surface area (Å²) in [6.07, 6.45) is 5.55. The van der Waals surface area contributed by atoms with Crippen molar-refractivity contribution in [1.82, 2.24) is 24.8 Å². The molecule has 1 N–H and O–H groups in total. The Morgan fingerprint density at radius 1 is 1.12 bits per heavy atom. The summed E-state index contributed by atoms with van der Waals surface area (Å²) in [4.78, 5) is 30.4. The minimum atomic E-state index is -0.0704. The molecular formula is C20H21N5O. The van der Waals surface area contributed by atoms with Gasteiger partial charge in [0.2, 0.25) is 0 Å². The van der Waals surface area contributed by atoms with Crippen LogP contribution in [-0.4, -0.2) is 31.4 Å². The third kappa shape index (κ3) is 3.41. The Morgan fingerprint density at radius 2 is 1.85 bits per heavy atom. The van der Waals surface area contributed by atoms with Crippen molar-refractivity contribution >= 4 is 0 Å². The van der Waals surface area contributed by atoms with Gasteiger partial charge in [-0.15, -0.1) is 0 Å². The lowest BCUT2D eigenvalue weighted by atomic mass is 10.0. The molecule has 0 saturated heterocycles. The fourth-order valence-corrected chi connectivity index (χ4v) is 3.59. The zero-order valence-corrected chi connectivity index (χ0v) is 15.0. The molecule has 132 valence electrons. The van der Waals surface area contributed by atoms with Gasteiger partial charge >= 0.3 is 0 Å². The molecule has 3 aromatic rings. The molecule has 4 rings (SSSR count). The number of nitrogens with one attached hydrogen (secondary N) is 1. The van der Waals surface area contributed by atoms with Crippen LogP contribution < -0.4 is 5.56 Å². The molecule has 0 saturated carbocycles. The highest BCUT2D eigenvalue weighted by molar-refractivity contribution is 5.52. The van der Waals surface area contributed by atoms with Crippen molar-refractivity contribution in [2.45, 2.75) is 33.4 Å². The number of hydrogen-bond acceptors (Lipinski definition) is 5. The molecule has 2 aromatic heterocycles. The zero-order valence-electron chi connectivity index (χ0n) is 15.0. The number of benzene rings is 1. The van der Waals surface area contributed by atoms with Crippen LogP contribution in [0.1, 0.15) is 27.9 Å². The number of rotatable bonds is 3. The van der Waals surface area contributed by atoms with E-state index in [1.54, 1.807) is 12.4 Å². The van der Waals surface area contributed by atoms with E-state index in [1.807, 2.05) is 0 Å². The molecule has 0 atom stereocenters. The van der Waals surface area contributed by atoms with E-state index in [0.29, 0.717) is 12.4 Å². The van der Waals surface area contributed by atoms with E-state index in [2.05, 4.69) is 56.9 Å². The maximum atomic E-state index is 12.6. The molecule has 0 unspecified atom stereocenters. The van der Waals surface area contributed by atoms with Crippen LogP contribution in [0.25, 0.3) is 11.4 Å². The molecule has 1 aromatic carbocycles. The number of nitrogens with zero attached hydrogens (tertiary/aromatic N) is 4. The zero-order chi connectivity index (χ0) is 18.1. The van der Waals surface area contributed by atoms with Gasteiger partial charge in [-0.1, -0.05) is 29.3 Å². The van der Waals surface area contributed by atoms with E-state index < -0.39 is 0 Å². The highest BCUT2D eigenvalue weighted by Gasteiger charge is 2.21. The van der Waals surface area contributed by atoms with Crippen LogP contribution in [0.3, 0.4) is 0 Å². The van der Waals surface area contributed by atoms with Crippen molar-refractivity contribution in [2.75, 3.05) is 6.54 Å². The summed E-state index contributed by atoms with van der Waals surface area (Å²) >= 11 is 0. The largest absolute Gasteiger partial charge is 0.306 e. The van der Waals surface area contributed by atoms with E-state index in [9.17, 15) is 4.79 Å². The summed E-state index contributed by atoms with van der Waals surface area (Å²) < 4.78 is 0. The molecule has 0 aliphatic carbocycles.